The molecule has 2 rings (SSSR count). The number of hydrogen-bond donors (Lipinski definition) is 0. The molecule has 0 aliphatic carbocycles. The van der Waals surface area contributed by atoms with Gasteiger partial charge in [-0.15, -0.1) is 0 Å². The van der Waals surface area contributed by atoms with Crippen LogP contribution >= 0.6 is 0 Å². The van der Waals surface area contributed by atoms with Gasteiger partial charge < -0.3 is 9.64 Å². The zero-order valence-electron chi connectivity index (χ0n) is 13.8. The number of anilines is 1. The Labute approximate surface area is 135 Å². The van der Waals surface area contributed by atoms with E-state index in [4.69, 9.17) is 4.74 Å². The van der Waals surface area contributed by atoms with Crippen LogP contribution in [0.5, 0.6) is 0 Å². The first-order valence-corrected chi connectivity index (χ1v) is 7.42. The van der Waals surface area contributed by atoms with Crippen LogP contribution in [0.15, 0.2) is 36.7 Å². The first kappa shape index (κ1) is 16.7. The number of amides is 1. The maximum Gasteiger partial charge on any atom is 0.337 e. The fourth-order valence-electron chi connectivity index (χ4n) is 2.48. The van der Waals surface area contributed by atoms with E-state index >= 15 is 0 Å². The standard InChI is InChI=1S/C17H21N3O3/c1-12(2)20(16(21)11-19-9-5-8-18-19)15-7-6-14(10-13(15)3)17(22)23-4/h5-10,12H,11H2,1-4H3. The lowest BCUT2D eigenvalue weighted by atomic mass is 10.1. The van der Waals surface area contributed by atoms with Crippen molar-refractivity contribution < 1.29 is 14.3 Å². The molecule has 122 valence electrons. The lowest BCUT2D eigenvalue weighted by Gasteiger charge is -2.28. The van der Waals surface area contributed by atoms with Crippen LogP contribution in [0.3, 0.4) is 0 Å². The number of carbonyl (C=O) groups excluding carboxylic acids is 2. The molecule has 23 heavy (non-hydrogen) atoms. The molecule has 0 fully saturated rings. The molecule has 0 spiro atoms. The molecule has 0 radical (unpaired) electrons. The molecule has 2 aromatic rings. The van der Waals surface area contributed by atoms with Gasteiger partial charge in [0.2, 0.25) is 5.91 Å². The van der Waals surface area contributed by atoms with Gasteiger partial charge in [0, 0.05) is 24.1 Å². The summed E-state index contributed by atoms with van der Waals surface area (Å²) in [5.41, 5.74) is 2.09. The van der Waals surface area contributed by atoms with E-state index in [1.165, 1.54) is 7.11 Å². The number of carbonyl (C=O) groups is 2. The number of hydrogen-bond acceptors (Lipinski definition) is 4. The maximum atomic E-state index is 12.7. The van der Waals surface area contributed by atoms with Crippen LogP contribution in [-0.2, 0) is 16.1 Å². The molecule has 0 unspecified atom stereocenters. The third-order valence-corrected chi connectivity index (χ3v) is 3.52. The van der Waals surface area contributed by atoms with Crippen LogP contribution in [0, 0.1) is 6.92 Å². The molecule has 0 saturated carbocycles. The van der Waals surface area contributed by atoms with Crippen LogP contribution in [0.1, 0.15) is 29.8 Å². The summed E-state index contributed by atoms with van der Waals surface area (Å²) in [4.78, 5) is 26.0. The molecule has 0 aliphatic heterocycles. The van der Waals surface area contributed by atoms with Gasteiger partial charge in [-0.05, 0) is 50.6 Å². The lowest BCUT2D eigenvalue weighted by molar-refractivity contribution is -0.119. The molecule has 0 aliphatic rings. The van der Waals surface area contributed by atoms with Crippen molar-refractivity contribution in [2.24, 2.45) is 0 Å². The summed E-state index contributed by atoms with van der Waals surface area (Å²) in [6, 6.07) is 6.95. The van der Waals surface area contributed by atoms with Crippen molar-refractivity contribution in [3.63, 3.8) is 0 Å². The number of methoxy groups -OCH3 is 1. The Kier molecular flexibility index (Phi) is 5.16. The molecule has 0 atom stereocenters. The summed E-state index contributed by atoms with van der Waals surface area (Å²) in [6.45, 7) is 5.95. The van der Waals surface area contributed by atoms with Crippen LogP contribution < -0.4 is 4.90 Å². The minimum absolute atomic E-state index is 0.0132. The number of esters is 1. The Morgan fingerprint density at radius 3 is 2.61 bits per heavy atom. The molecule has 1 heterocycles. The van der Waals surface area contributed by atoms with E-state index in [9.17, 15) is 9.59 Å². The van der Waals surface area contributed by atoms with E-state index < -0.39 is 5.97 Å². The van der Waals surface area contributed by atoms with E-state index in [1.54, 1.807) is 46.2 Å². The first-order chi connectivity index (χ1) is 10.9. The molecule has 1 aromatic heterocycles. The molecule has 1 amide bonds. The quantitative estimate of drug-likeness (QED) is 0.795. The van der Waals surface area contributed by atoms with Crippen LogP contribution in [0.4, 0.5) is 5.69 Å². The average Bonchev–Trinajstić information content (AvgIpc) is 3.00. The number of benzene rings is 1. The summed E-state index contributed by atoms with van der Waals surface area (Å²) < 4.78 is 6.32. The van der Waals surface area contributed by atoms with Gasteiger partial charge in [0.1, 0.15) is 6.54 Å². The minimum Gasteiger partial charge on any atom is -0.465 e. The molecular weight excluding hydrogens is 294 g/mol. The highest BCUT2D eigenvalue weighted by Gasteiger charge is 2.22. The van der Waals surface area contributed by atoms with Crippen LogP contribution in [-0.4, -0.2) is 34.8 Å². The van der Waals surface area contributed by atoms with Gasteiger partial charge in [-0.2, -0.15) is 5.10 Å². The molecule has 6 nitrogen and oxygen atoms in total. The molecule has 0 N–H and O–H groups in total. The van der Waals surface area contributed by atoms with E-state index in [0.29, 0.717) is 5.56 Å². The predicted octanol–water partition coefficient (Wildman–Crippen LogP) is 2.42. The van der Waals surface area contributed by atoms with E-state index in [0.717, 1.165) is 11.3 Å². The van der Waals surface area contributed by atoms with Crippen molar-refractivity contribution in [1.29, 1.82) is 0 Å². The van der Waals surface area contributed by atoms with Gasteiger partial charge in [-0.25, -0.2) is 4.79 Å². The Morgan fingerprint density at radius 1 is 1.35 bits per heavy atom. The number of aromatic nitrogens is 2. The summed E-state index contributed by atoms with van der Waals surface area (Å²) >= 11 is 0. The van der Waals surface area contributed by atoms with Crippen LogP contribution in [0.2, 0.25) is 0 Å². The fourth-order valence-corrected chi connectivity index (χ4v) is 2.48. The van der Waals surface area contributed by atoms with Gasteiger partial charge in [0.25, 0.3) is 0 Å². The van der Waals surface area contributed by atoms with Crippen molar-refractivity contribution >= 4 is 17.6 Å². The van der Waals surface area contributed by atoms with E-state index in [1.807, 2.05) is 20.8 Å². The van der Waals surface area contributed by atoms with Gasteiger partial charge in [-0.1, -0.05) is 0 Å². The monoisotopic (exact) mass is 315 g/mol. The van der Waals surface area contributed by atoms with Crippen molar-refractivity contribution in [3.05, 3.63) is 47.8 Å². The summed E-state index contributed by atoms with van der Waals surface area (Å²) in [5, 5.41) is 4.07. The van der Waals surface area contributed by atoms with Gasteiger partial charge in [-0.3, -0.25) is 9.48 Å². The lowest BCUT2D eigenvalue weighted by Crippen LogP contribution is -2.39. The second kappa shape index (κ2) is 7.09. The molecule has 1 aromatic carbocycles. The van der Waals surface area contributed by atoms with Crippen molar-refractivity contribution in [1.82, 2.24) is 9.78 Å². The van der Waals surface area contributed by atoms with Crippen molar-refractivity contribution in [2.75, 3.05) is 12.0 Å². The molecule has 0 bridgehead atoms. The third kappa shape index (κ3) is 3.77. The molecule has 6 heteroatoms. The smallest absolute Gasteiger partial charge is 0.337 e. The number of rotatable bonds is 5. The maximum absolute atomic E-state index is 12.7. The molecular formula is C17H21N3O3. The van der Waals surface area contributed by atoms with Crippen molar-refractivity contribution in [2.45, 2.75) is 33.4 Å². The Hall–Kier alpha value is -2.63. The topological polar surface area (TPSA) is 64.4 Å². The summed E-state index contributed by atoms with van der Waals surface area (Å²) in [7, 11) is 1.35. The second-order valence-corrected chi connectivity index (χ2v) is 5.55. The highest BCUT2D eigenvalue weighted by atomic mass is 16.5. The predicted molar refractivity (Wildman–Crippen MR) is 87.4 cm³/mol. The zero-order chi connectivity index (χ0) is 17.0. The number of aryl methyl sites for hydroxylation is 1. The SMILES string of the molecule is COC(=O)c1ccc(N(C(=O)Cn2cccn2)C(C)C)c(C)c1. The number of ether oxygens (including phenoxy) is 1. The first-order valence-electron chi connectivity index (χ1n) is 7.42. The number of nitrogens with zero attached hydrogens (tertiary/aromatic N) is 3. The van der Waals surface area contributed by atoms with Gasteiger partial charge in [0.05, 0.1) is 12.7 Å². The highest BCUT2D eigenvalue weighted by Crippen LogP contribution is 2.24. The highest BCUT2D eigenvalue weighted by molar-refractivity contribution is 5.96. The Balaban J connectivity index is 2.30. The van der Waals surface area contributed by atoms with E-state index in [2.05, 4.69) is 5.10 Å². The van der Waals surface area contributed by atoms with Gasteiger partial charge in [0.15, 0.2) is 0 Å². The van der Waals surface area contributed by atoms with Crippen LogP contribution in [0.25, 0.3) is 0 Å². The summed E-state index contributed by atoms with van der Waals surface area (Å²) in [6.07, 6.45) is 3.40. The second-order valence-electron chi connectivity index (χ2n) is 5.55. The fraction of sp³-hybridized carbons (Fsp3) is 0.353. The van der Waals surface area contributed by atoms with Crippen molar-refractivity contribution in [3.8, 4) is 0 Å². The Morgan fingerprint density at radius 2 is 2.09 bits per heavy atom. The Bertz CT molecular complexity index is 693. The largest absolute Gasteiger partial charge is 0.465 e. The third-order valence-electron chi connectivity index (χ3n) is 3.52. The van der Waals surface area contributed by atoms with E-state index in [-0.39, 0.29) is 18.5 Å². The zero-order valence-corrected chi connectivity index (χ0v) is 13.8. The summed E-state index contributed by atoms with van der Waals surface area (Å²) in [5.74, 6) is -0.448. The normalized spacial score (nSPS) is 10.7. The molecule has 0 saturated heterocycles. The van der Waals surface area contributed by atoms with Gasteiger partial charge >= 0.3 is 5.97 Å². The minimum atomic E-state index is -0.390. The average molecular weight is 315 g/mol.